The van der Waals surface area contributed by atoms with E-state index >= 15 is 0 Å². The molecular formula is C16H15BrFN5. The number of nitrogens with zero attached hydrogens (tertiary/aromatic N) is 4. The molecule has 3 rings (SSSR count). The number of hydrogen-bond acceptors (Lipinski definition) is 4. The lowest BCUT2D eigenvalue weighted by Crippen LogP contribution is -2.07. The molecule has 7 heteroatoms. The zero-order valence-corrected chi connectivity index (χ0v) is 14.3. The van der Waals surface area contributed by atoms with Gasteiger partial charge in [0.2, 0.25) is 0 Å². The van der Waals surface area contributed by atoms with Crippen LogP contribution in [-0.2, 0) is 6.54 Å². The van der Waals surface area contributed by atoms with Crippen LogP contribution < -0.4 is 5.32 Å². The van der Waals surface area contributed by atoms with Crippen molar-refractivity contribution in [3.05, 3.63) is 63.9 Å². The van der Waals surface area contributed by atoms with Gasteiger partial charge in [-0.1, -0.05) is 6.07 Å². The Labute approximate surface area is 141 Å². The Morgan fingerprint density at radius 3 is 2.74 bits per heavy atom. The van der Waals surface area contributed by atoms with Gasteiger partial charge in [0.25, 0.3) is 0 Å². The molecule has 0 unspecified atom stereocenters. The van der Waals surface area contributed by atoms with Crippen LogP contribution in [0.25, 0.3) is 5.82 Å². The van der Waals surface area contributed by atoms with Crippen LogP contribution in [0, 0.1) is 19.7 Å². The molecule has 0 saturated heterocycles. The summed E-state index contributed by atoms with van der Waals surface area (Å²) in [5.41, 5.74) is 2.74. The van der Waals surface area contributed by atoms with Crippen molar-refractivity contribution in [1.82, 2.24) is 19.7 Å². The average molecular weight is 376 g/mol. The highest BCUT2D eigenvalue weighted by Gasteiger charge is 2.07. The number of aromatic nitrogens is 4. The van der Waals surface area contributed by atoms with Gasteiger partial charge in [-0.2, -0.15) is 5.10 Å². The van der Waals surface area contributed by atoms with Crippen molar-refractivity contribution in [3.63, 3.8) is 0 Å². The minimum absolute atomic E-state index is 0.285. The first-order chi connectivity index (χ1) is 11.0. The van der Waals surface area contributed by atoms with E-state index in [-0.39, 0.29) is 5.82 Å². The SMILES string of the molecule is Cc1cc(C)n(-c2cncc(NCc3ccc(Br)c(F)c3)n2)n1. The van der Waals surface area contributed by atoms with Gasteiger partial charge < -0.3 is 5.32 Å². The standard InChI is InChI=1S/C16H15BrFN5/c1-10-5-11(2)23(22-10)16-9-19-8-15(21-16)20-7-12-3-4-13(17)14(18)6-12/h3-6,8-9H,7H2,1-2H3,(H,20,21). The quantitative estimate of drug-likeness (QED) is 0.753. The molecule has 5 nitrogen and oxygen atoms in total. The largest absolute Gasteiger partial charge is 0.365 e. The van der Waals surface area contributed by atoms with Gasteiger partial charge in [-0.3, -0.25) is 4.98 Å². The van der Waals surface area contributed by atoms with E-state index in [2.05, 4.69) is 36.3 Å². The second-order valence-electron chi connectivity index (χ2n) is 5.20. The molecule has 0 aliphatic rings. The van der Waals surface area contributed by atoms with E-state index in [1.807, 2.05) is 26.0 Å². The van der Waals surface area contributed by atoms with Gasteiger partial charge >= 0.3 is 0 Å². The van der Waals surface area contributed by atoms with Crippen molar-refractivity contribution in [2.75, 3.05) is 5.32 Å². The van der Waals surface area contributed by atoms with Crippen LogP contribution in [0.4, 0.5) is 10.2 Å². The van der Waals surface area contributed by atoms with Gasteiger partial charge in [0, 0.05) is 12.2 Å². The zero-order valence-electron chi connectivity index (χ0n) is 12.7. The molecule has 0 amide bonds. The summed E-state index contributed by atoms with van der Waals surface area (Å²) in [6.45, 7) is 4.35. The van der Waals surface area contributed by atoms with E-state index in [1.54, 1.807) is 23.1 Å². The third kappa shape index (κ3) is 3.56. The summed E-state index contributed by atoms with van der Waals surface area (Å²) in [7, 11) is 0. The number of hydrogen-bond donors (Lipinski definition) is 1. The van der Waals surface area contributed by atoms with Gasteiger partial charge in [-0.25, -0.2) is 14.1 Å². The molecule has 3 aromatic rings. The van der Waals surface area contributed by atoms with Crippen LogP contribution in [0.1, 0.15) is 17.0 Å². The fraction of sp³-hybridized carbons (Fsp3) is 0.188. The summed E-state index contributed by atoms with van der Waals surface area (Å²) in [4.78, 5) is 8.68. The van der Waals surface area contributed by atoms with Crippen molar-refractivity contribution < 1.29 is 4.39 Å². The second kappa shape index (κ2) is 6.45. The van der Waals surface area contributed by atoms with E-state index in [1.165, 1.54) is 6.07 Å². The van der Waals surface area contributed by atoms with Crippen molar-refractivity contribution >= 4 is 21.7 Å². The molecular weight excluding hydrogens is 361 g/mol. The van der Waals surface area contributed by atoms with Crippen LogP contribution in [0.15, 0.2) is 41.1 Å². The molecule has 1 N–H and O–H groups in total. The van der Waals surface area contributed by atoms with Crippen LogP contribution in [0.2, 0.25) is 0 Å². The lowest BCUT2D eigenvalue weighted by Gasteiger charge is -2.08. The smallest absolute Gasteiger partial charge is 0.174 e. The average Bonchev–Trinajstić information content (AvgIpc) is 2.87. The Morgan fingerprint density at radius 1 is 1.22 bits per heavy atom. The highest BCUT2D eigenvalue weighted by molar-refractivity contribution is 9.10. The monoisotopic (exact) mass is 375 g/mol. The van der Waals surface area contributed by atoms with Crippen LogP contribution in [0.3, 0.4) is 0 Å². The molecule has 0 aliphatic heterocycles. The number of rotatable bonds is 4. The van der Waals surface area contributed by atoms with Crippen LogP contribution >= 0.6 is 15.9 Å². The number of benzene rings is 1. The molecule has 2 aromatic heterocycles. The van der Waals surface area contributed by atoms with Gasteiger partial charge in [-0.05, 0) is 53.5 Å². The molecule has 1 aromatic carbocycles. The second-order valence-corrected chi connectivity index (χ2v) is 6.06. The Kier molecular flexibility index (Phi) is 4.38. The minimum Gasteiger partial charge on any atom is -0.365 e. The maximum Gasteiger partial charge on any atom is 0.174 e. The third-order valence-corrected chi connectivity index (χ3v) is 3.95. The van der Waals surface area contributed by atoms with Crippen LogP contribution in [-0.4, -0.2) is 19.7 Å². The van der Waals surface area contributed by atoms with Gasteiger partial charge in [0.15, 0.2) is 5.82 Å². The summed E-state index contributed by atoms with van der Waals surface area (Å²) in [6.07, 6.45) is 3.29. The van der Waals surface area contributed by atoms with E-state index in [0.29, 0.717) is 22.7 Å². The maximum absolute atomic E-state index is 13.5. The lowest BCUT2D eigenvalue weighted by atomic mass is 10.2. The molecule has 23 heavy (non-hydrogen) atoms. The summed E-state index contributed by atoms with van der Waals surface area (Å²) in [5.74, 6) is 0.966. The highest BCUT2D eigenvalue weighted by Crippen LogP contribution is 2.17. The highest BCUT2D eigenvalue weighted by atomic mass is 79.9. The van der Waals surface area contributed by atoms with Gasteiger partial charge in [-0.15, -0.1) is 0 Å². The van der Waals surface area contributed by atoms with Crippen molar-refractivity contribution in [3.8, 4) is 5.82 Å². The van der Waals surface area contributed by atoms with E-state index < -0.39 is 0 Å². The molecule has 0 fully saturated rings. The predicted molar refractivity (Wildman–Crippen MR) is 90.1 cm³/mol. The topological polar surface area (TPSA) is 55.6 Å². The normalized spacial score (nSPS) is 10.8. The maximum atomic E-state index is 13.5. The fourth-order valence-electron chi connectivity index (χ4n) is 2.25. The summed E-state index contributed by atoms with van der Waals surface area (Å²) < 4.78 is 15.7. The zero-order chi connectivity index (χ0) is 16.4. The van der Waals surface area contributed by atoms with Gasteiger partial charge in [0.1, 0.15) is 11.6 Å². The number of anilines is 1. The van der Waals surface area contributed by atoms with Crippen LogP contribution in [0.5, 0.6) is 0 Å². The summed E-state index contributed by atoms with van der Waals surface area (Å²) in [6, 6.07) is 6.99. The van der Waals surface area contributed by atoms with Gasteiger partial charge in [0.05, 0.1) is 22.6 Å². The number of nitrogens with one attached hydrogen (secondary N) is 1. The Hall–Kier alpha value is -2.28. The Balaban J connectivity index is 1.77. The molecule has 0 saturated carbocycles. The number of halogens is 2. The van der Waals surface area contributed by atoms with E-state index in [9.17, 15) is 4.39 Å². The Bertz CT molecular complexity index is 846. The minimum atomic E-state index is -0.285. The summed E-state index contributed by atoms with van der Waals surface area (Å²) >= 11 is 3.14. The first-order valence-corrected chi connectivity index (χ1v) is 7.86. The molecule has 2 heterocycles. The Morgan fingerprint density at radius 2 is 2.04 bits per heavy atom. The third-order valence-electron chi connectivity index (χ3n) is 3.31. The molecule has 0 atom stereocenters. The first kappa shape index (κ1) is 15.6. The predicted octanol–water partition coefficient (Wildman–Crippen LogP) is 3.79. The summed E-state index contributed by atoms with van der Waals surface area (Å²) in [5, 5.41) is 7.54. The first-order valence-electron chi connectivity index (χ1n) is 7.06. The molecule has 0 bridgehead atoms. The van der Waals surface area contributed by atoms with E-state index in [0.717, 1.165) is 17.0 Å². The lowest BCUT2D eigenvalue weighted by molar-refractivity contribution is 0.619. The van der Waals surface area contributed by atoms with Crippen molar-refractivity contribution in [2.24, 2.45) is 0 Å². The fourth-order valence-corrected chi connectivity index (χ4v) is 2.49. The van der Waals surface area contributed by atoms with E-state index in [4.69, 9.17) is 0 Å². The van der Waals surface area contributed by atoms with Crippen molar-refractivity contribution in [1.29, 1.82) is 0 Å². The molecule has 0 aliphatic carbocycles. The number of aryl methyl sites for hydroxylation is 2. The molecule has 118 valence electrons. The molecule has 0 spiro atoms. The van der Waals surface area contributed by atoms with Crippen molar-refractivity contribution in [2.45, 2.75) is 20.4 Å². The molecule has 0 radical (unpaired) electrons.